The van der Waals surface area contributed by atoms with Gasteiger partial charge in [-0.15, -0.1) is 0 Å². The van der Waals surface area contributed by atoms with Crippen LogP contribution in [0, 0.1) is 17.6 Å². The Morgan fingerprint density at radius 2 is 2.18 bits per heavy atom. The first-order chi connectivity index (χ1) is 10.6. The first-order valence-corrected chi connectivity index (χ1v) is 7.66. The van der Waals surface area contributed by atoms with E-state index in [1.165, 1.54) is 6.07 Å². The van der Waals surface area contributed by atoms with E-state index in [4.69, 9.17) is 4.74 Å². The minimum Gasteiger partial charge on any atom is -0.377 e. The second kappa shape index (κ2) is 6.20. The van der Waals surface area contributed by atoms with Crippen molar-refractivity contribution in [1.82, 2.24) is 10.2 Å². The number of carbonyl (C=O) groups excluding carboxylic acids is 1. The van der Waals surface area contributed by atoms with Gasteiger partial charge in [-0.1, -0.05) is 0 Å². The molecule has 1 heterocycles. The minimum absolute atomic E-state index is 0.0223. The zero-order valence-corrected chi connectivity index (χ0v) is 12.5. The molecule has 1 aromatic rings. The molecular weight excluding hydrogens is 290 g/mol. The molecule has 2 aliphatic rings. The number of urea groups is 1. The van der Waals surface area contributed by atoms with Crippen molar-refractivity contribution in [2.45, 2.75) is 31.8 Å². The average molecular weight is 310 g/mol. The number of hydrogen-bond donors (Lipinski definition) is 1. The van der Waals surface area contributed by atoms with Gasteiger partial charge >= 0.3 is 6.03 Å². The summed E-state index contributed by atoms with van der Waals surface area (Å²) >= 11 is 0. The lowest BCUT2D eigenvalue weighted by molar-refractivity contribution is 0.0182. The van der Waals surface area contributed by atoms with Gasteiger partial charge in [0.2, 0.25) is 0 Å². The highest BCUT2D eigenvalue weighted by atomic mass is 19.1. The number of morpholine rings is 1. The number of halogens is 2. The lowest BCUT2D eigenvalue weighted by Gasteiger charge is -2.34. The molecule has 0 bridgehead atoms. The molecule has 3 rings (SSSR count). The Morgan fingerprint density at radius 3 is 2.86 bits per heavy atom. The van der Waals surface area contributed by atoms with E-state index in [1.54, 1.807) is 4.90 Å². The molecule has 1 saturated heterocycles. The van der Waals surface area contributed by atoms with E-state index in [0.29, 0.717) is 19.8 Å². The largest absolute Gasteiger partial charge is 0.377 e. The van der Waals surface area contributed by atoms with Crippen LogP contribution in [-0.4, -0.2) is 36.7 Å². The molecule has 120 valence electrons. The van der Waals surface area contributed by atoms with Crippen LogP contribution in [0.5, 0.6) is 0 Å². The number of carbonyl (C=O) groups is 1. The van der Waals surface area contributed by atoms with E-state index in [-0.39, 0.29) is 23.6 Å². The smallest absolute Gasteiger partial charge is 0.318 e. The Labute approximate surface area is 128 Å². The van der Waals surface area contributed by atoms with Gasteiger partial charge in [-0.2, -0.15) is 0 Å². The molecule has 0 unspecified atom stereocenters. The molecule has 4 nitrogen and oxygen atoms in total. The third-order valence-electron chi connectivity index (χ3n) is 4.29. The zero-order chi connectivity index (χ0) is 15.7. The zero-order valence-electron chi connectivity index (χ0n) is 12.5. The van der Waals surface area contributed by atoms with Crippen molar-refractivity contribution in [1.29, 1.82) is 0 Å². The Balaban J connectivity index is 1.77. The topological polar surface area (TPSA) is 41.6 Å². The van der Waals surface area contributed by atoms with Crippen molar-refractivity contribution in [3.05, 3.63) is 35.4 Å². The first-order valence-electron chi connectivity index (χ1n) is 7.66. The van der Waals surface area contributed by atoms with E-state index in [1.807, 2.05) is 6.92 Å². The normalized spacial score (nSPS) is 23.2. The van der Waals surface area contributed by atoms with Crippen molar-refractivity contribution < 1.29 is 18.3 Å². The summed E-state index contributed by atoms with van der Waals surface area (Å²) in [6.07, 6.45) is 1.83. The predicted octanol–water partition coefficient (Wildman–Crippen LogP) is 2.85. The molecule has 1 aromatic carbocycles. The predicted molar refractivity (Wildman–Crippen MR) is 77.3 cm³/mol. The number of benzene rings is 1. The van der Waals surface area contributed by atoms with Crippen molar-refractivity contribution in [3.63, 3.8) is 0 Å². The fourth-order valence-electron chi connectivity index (χ4n) is 2.88. The van der Waals surface area contributed by atoms with Crippen LogP contribution in [0.1, 0.15) is 31.4 Å². The van der Waals surface area contributed by atoms with Gasteiger partial charge in [0.15, 0.2) is 0 Å². The molecule has 0 spiro atoms. The number of ether oxygens (including phenoxy) is 1. The quantitative estimate of drug-likeness (QED) is 0.933. The molecule has 0 radical (unpaired) electrons. The summed E-state index contributed by atoms with van der Waals surface area (Å²) in [5, 5.41) is 2.89. The highest BCUT2D eigenvalue weighted by Gasteiger charge is 2.36. The van der Waals surface area contributed by atoms with E-state index < -0.39 is 17.7 Å². The number of hydrogen-bond acceptors (Lipinski definition) is 2. The van der Waals surface area contributed by atoms with Crippen LogP contribution in [0.4, 0.5) is 13.6 Å². The van der Waals surface area contributed by atoms with Gasteiger partial charge in [0, 0.05) is 12.1 Å². The molecule has 1 aliphatic heterocycles. The van der Waals surface area contributed by atoms with Crippen molar-refractivity contribution in [2.24, 2.45) is 5.92 Å². The monoisotopic (exact) mass is 310 g/mol. The van der Waals surface area contributed by atoms with Crippen molar-refractivity contribution in [3.8, 4) is 0 Å². The fraction of sp³-hybridized carbons (Fsp3) is 0.562. The van der Waals surface area contributed by atoms with Crippen LogP contribution in [0.3, 0.4) is 0 Å². The summed E-state index contributed by atoms with van der Waals surface area (Å²) in [4.78, 5) is 14.2. The lowest BCUT2D eigenvalue weighted by atomic mass is 10.0. The maximum Gasteiger partial charge on any atom is 0.318 e. The molecule has 2 amide bonds. The van der Waals surface area contributed by atoms with Crippen LogP contribution >= 0.6 is 0 Å². The van der Waals surface area contributed by atoms with Crippen LogP contribution in [0.25, 0.3) is 0 Å². The summed E-state index contributed by atoms with van der Waals surface area (Å²) in [6.45, 7) is 3.42. The highest BCUT2D eigenvalue weighted by molar-refractivity contribution is 5.75. The summed E-state index contributed by atoms with van der Waals surface area (Å²) in [5.41, 5.74) is 0.233. The Bertz CT molecular complexity index is 563. The second-order valence-corrected chi connectivity index (χ2v) is 6.05. The number of rotatable bonds is 3. The molecule has 1 N–H and O–H groups in total. The molecule has 6 heteroatoms. The first kappa shape index (κ1) is 15.2. The SMILES string of the molecule is C[C@H]1COCCN1C(=O)N[C@H](c1cc(F)ccc1F)C1CC1. The van der Waals surface area contributed by atoms with Gasteiger partial charge in [-0.05, 0) is 43.9 Å². The van der Waals surface area contributed by atoms with Crippen molar-refractivity contribution in [2.75, 3.05) is 19.8 Å². The number of nitrogens with one attached hydrogen (secondary N) is 1. The summed E-state index contributed by atoms with van der Waals surface area (Å²) in [5.74, 6) is -0.790. The molecule has 2 fully saturated rings. The van der Waals surface area contributed by atoms with Crippen LogP contribution in [0.15, 0.2) is 18.2 Å². The van der Waals surface area contributed by atoms with E-state index in [9.17, 15) is 13.6 Å². The third kappa shape index (κ3) is 3.21. The maximum atomic E-state index is 14.0. The maximum absolute atomic E-state index is 14.0. The Morgan fingerprint density at radius 1 is 1.41 bits per heavy atom. The van der Waals surface area contributed by atoms with E-state index >= 15 is 0 Å². The van der Waals surface area contributed by atoms with Gasteiger partial charge in [0.25, 0.3) is 0 Å². The van der Waals surface area contributed by atoms with Gasteiger partial charge in [-0.25, -0.2) is 13.6 Å². The summed E-state index contributed by atoms with van der Waals surface area (Å²) in [7, 11) is 0. The molecule has 22 heavy (non-hydrogen) atoms. The Hall–Kier alpha value is -1.69. The van der Waals surface area contributed by atoms with Crippen molar-refractivity contribution >= 4 is 6.03 Å². The molecule has 0 aromatic heterocycles. The van der Waals surface area contributed by atoms with Crippen LogP contribution < -0.4 is 5.32 Å². The van der Waals surface area contributed by atoms with Gasteiger partial charge in [0.1, 0.15) is 11.6 Å². The molecule has 1 saturated carbocycles. The molecule has 1 aliphatic carbocycles. The summed E-state index contributed by atoms with van der Waals surface area (Å²) < 4.78 is 32.8. The molecular formula is C16H20F2N2O2. The lowest BCUT2D eigenvalue weighted by Crippen LogP contribution is -2.52. The average Bonchev–Trinajstić information content (AvgIpc) is 3.32. The van der Waals surface area contributed by atoms with Gasteiger partial charge in [-0.3, -0.25) is 0 Å². The standard InChI is InChI=1S/C16H20F2N2O2/c1-10-9-22-7-6-20(10)16(21)19-15(11-2-3-11)13-8-12(17)4-5-14(13)18/h4-5,8,10-11,15H,2-3,6-7,9H2,1H3,(H,19,21)/t10-,15-/m0/s1. The number of amides is 2. The van der Waals surface area contributed by atoms with E-state index in [2.05, 4.69) is 5.32 Å². The molecule has 2 atom stereocenters. The van der Waals surface area contributed by atoms with E-state index in [0.717, 1.165) is 25.0 Å². The van der Waals surface area contributed by atoms with Crippen LogP contribution in [0.2, 0.25) is 0 Å². The second-order valence-electron chi connectivity index (χ2n) is 6.05. The number of nitrogens with zero attached hydrogens (tertiary/aromatic N) is 1. The minimum atomic E-state index is -0.490. The Kier molecular flexibility index (Phi) is 4.29. The fourth-order valence-corrected chi connectivity index (χ4v) is 2.88. The summed E-state index contributed by atoms with van der Waals surface area (Å²) in [6, 6.07) is 2.65. The third-order valence-corrected chi connectivity index (χ3v) is 4.29. The highest BCUT2D eigenvalue weighted by Crippen LogP contribution is 2.42. The van der Waals surface area contributed by atoms with Crippen LogP contribution in [-0.2, 0) is 4.74 Å². The van der Waals surface area contributed by atoms with Gasteiger partial charge in [0.05, 0.1) is 25.3 Å². The van der Waals surface area contributed by atoms with Gasteiger partial charge < -0.3 is 15.0 Å².